The van der Waals surface area contributed by atoms with Crippen molar-refractivity contribution in [2.24, 2.45) is 5.92 Å². The Kier molecular flexibility index (Phi) is 8.07. The highest BCUT2D eigenvalue weighted by Gasteiger charge is 2.29. The van der Waals surface area contributed by atoms with Crippen LogP contribution in [0.3, 0.4) is 0 Å². The summed E-state index contributed by atoms with van der Waals surface area (Å²) in [5.41, 5.74) is 0.854. The minimum atomic E-state index is -1.20. The number of carboxylic acid groups (broad SMARTS) is 1. The molecule has 0 aliphatic carbocycles. The summed E-state index contributed by atoms with van der Waals surface area (Å²) in [5, 5.41) is 12.7. The van der Waals surface area contributed by atoms with Crippen molar-refractivity contribution in [2.75, 3.05) is 17.1 Å². The van der Waals surface area contributed by atoms with Crippen molar-refractivity contribution in [3.05, 3.63) is 62.6 Å². The molecule has 27 heavy (non-hydrogen) atoms. The van der Waals surface area contributed by atoms with Crippen molar-refractivity contribution < 1.29 is 14.7 Å². The molecule has 2 N–H and O–H groups in total. The van der Waals surface area contributed by atoms with E-state index in [1.165, 1.54) is 18.2 Å². The quantitative estimate of drug-likeness (QED) is 0.477. The van der Waals surface area contributed by atoms with Crippen LogP contribution < -0.4 is 5.32 Å². The van der Waals surface area contributed by atoms with Crippen molar-refractivity contribution in [1.29, 1.82) is 0 Å². The van der Waals surface area contributed by atoms with E-state index >= 15 is 0 Å². The number of amides is 1. The Balaban J connectivity index is 2.28. The fraction of sp³-hybridized carbons (Fsp3) is 0.222. The molecule has 2 rings (SSSR count). The van der Waals surface area contributed by atoms with Crippen LogP contribution in [0, 0.1) is 5.92 Å². The molecule has 2 aromatic carbocycles. The van der Waals surface area contributed by atoms with Crippen molar-refractivity contribution in [1.82, 2.24) is 0 Å². The van der Waals surface area contributed by atoms with Gasteiger partial charge >= 0.3 is 5.97 Å². The molecule has 2 aromatic rings. The third-order valence-corrected chi connectivity index (χ3v) is 5.36. The molecule has 0 fully saturated rings. The average molecular weight is 470 g/mol. The van der Waals surface area contributed by atoms with Gasteiger partial charge in [-0.1, -0.05) is 34.8 Å². The maximum atomic E-state index is 12.8. The monoisotopic (exact) mass is 467 g/mol. The number of anilines is 1. The van der Waals surface area contributed by atoms with Gasteiger partial charge in [0.25, 0.3) is 0 Å². The third-order valence-electron chi connectivity index (χ3n) is 3.93. The lowest BCUT2D eigenvalue weighted by Crippen LogP contribution is -2.30. The summed E-state index contributed by atoms with van der Waals surface area (Å²) in [5.74, 6) is -2.63. The standard InChI is InChI=1S/C18H14Cl5NO3/c19-7-14(9-3-10(21)5-11(22)4-9)15(8-20)17(25)24-12-1-2-16(23)13(6-12)18(26)27/h1-6,14-15H,7-8H2,(H,24,25)(H,26,27). The summed E-state index contributed by atoms with van der Waals surface area (Å²) in [4.78, 5) is 23.9. The Bertz CT molecular complexity index is 839. The number of carbonyl (C=O) groups is 2. The average Bonchev–Trinajstić information content (AvgIpc) is 2.59. The summed E-state index contributed by atoms with van der Waals surface area (Å²) in [6.07, 6.45) is 0. The summed E-state index contributed by atoms with van der Waals surface area (Å²) in [6.45, 7) is 0. The molecule has 0 aliphatic rings. The third kappa shape index (κ3) is 5.66. The number of carboxylic acids is 1. The lowest BCUT2D eigenvalue weighted by molar-refractivity contribution is -0.119. The Morgan fingerprint density at radius 3 is 2.11 bits per heavy atom. The van der Waals surface area contributed by atoms with E-state index in [2.05, 4.69) is 5.32 Å². The van der Waals surface area contributed by atoms with E-state index in [4.69, 9.17) is 63.1 Å². The van der Waals surface area contributed by atoms with Crippen LogP contribution in [0.5, 0.6) is 0 Å². The van der Waals surface area contributed by atoms with Crippen LogP contribution >= 0.6 is 58.0 Å². The zero-order chi connectivity index (χ0) is 20.1. The van der Waals surface area contributed by atoms with Gasteiger partial charge in [0.05, 0.1) is 16.5 Å². The Morgan fingerprint density at radius 1 is 0.963 bits per heavy atom. The molecular weight excluding hydrogens is 455 g/mol. The maximum absolute atomic E-state index is 12.8. The van der Waals surface area contributed by atoms with Gasteiger partial charge in [-0.05, 0) is 42.0 Å². The second kappa shape index (κ2) is 9.85. The highest BCUT2D eigenvalue weighted by Crippen LogP contribution is 2.32. The van der Waals surface area contributed by atoms with E-state index in [1.54, 1.807) is 18.2 Å². The summed E-state index contributed by atoms with van der Waals surface area (Å²) >= 11 is 30.1. The first-order chi connectivity index (χ1) is 12.8. The lowest BCUT2D eigenvalue weighted by Gasteiger charge is -2.24. The summed E-state index contributed by atoms with van der Waals surface area (Å²) in [6, 6.07) is 9.11. The Hall–Kier alpha value is -1.17. The fourth-order valence-electron chi connectivity index (χ4n) is 2.58. The van der Waals surface area contributed by atoms with Gasteiger partial charge in [-0.15, -0.1) is 23.2 Å². The first kappa shape index (κ1) is 22.1. The number of halogens is 5. The summed E-state index contributed by atoms with van der Waals surface area (Å²) < 4.78 is 0. The maximum Gasteiger partial charge on any atom is 0.337 e. The highest BCUT2D eigenvalue weighted by molar-refractivity contribution is 6.35. The van der Waals surface area contributed by atoms with Crippen LogP contribution in [-0.2, 0) is 4.79 Å². The van der Waals surface area contributed by atoms with Crippen LogP contribution in [0.25, 0.3) is 0 Å². The molecule has 0 saturated heterocycles. The van der Waals surface area contributed by atoms with Crippen LogP contribution in [0.15, 0.2) is 36.4 Å². The second-order valence-corrected chi connectivity index (χ2v) is 7.61. The minimum absolute atomic E-state index is 0.00721. The number of nitrogens with one attached hydrogen (secondary N) is 1. The smallest absolute Gasteiger partial charge is 0.337 e. The van der Waals surface area contributed by atoms with Gasteiger partial charge in [-0.3, -0.25) is 4.79 Å². The Labute approximate surface area is 181 Å². The summed E-state index contributed by atoms with van der Waals surface area (Å²) in [7, 11) is 0. The van der Waals surface area contributed by atoms with Gasteiger partial charge in [0.2, 0.25) is 5.91 Å². The van der Waals surface area contributed by atoms with Crippen LogP contribution in [0.1, 0.15) is 21.8 Å². The zero-order valence-electron chi connectivity index (χ0n) is 13.7. The van der Waals surface area contributed by atoms with Crippen LogP contribution in [0.2, 0.25) is 15.1 Å². The topological polar surface area (TPSA) is 66.4 Å². The molecule has 0 aliphatic heterocycles. The molecule has 9 heteroatoms. The molecular formula is C18H14Cl5NO3. The van der Waals surface area contributed by atoms with Gasteiger partial charge in [-0.2, -0.15) is 0 Å². The van der Waals surface area contributed by atoms with E-state index in [1.807, 2.05) is 0 Å². The molecule has 0 aromatic heterocycles. The van der Waals surface area contributed by atoms with E-state index in [0.29, 0.717) is 15.6 Å². The van der Waals surface area contributed by atoms with Gasteiger partial charge < -0.3 is 10.4 Å². The van der Waals surface area contributed by atoms with Crippen molar-refractivity contribution in [3.8, 4) is 0 Å². The normalized spacial score (nSPS) is 13.1. The molecule has 2 atom stereocenters. The number of carbonyl (C=O) groups excluding carboxylic acids is 1. The van der Waals surface area contributed by atoms with Gasteiger partial charge in [0.15, 0.2) is 0 Å². The molecule has 0 saturated carbocycles. The molecule has 1 amide bonds. The van der Waals surface area contributed by atoms with Gasteiger partial charge in [0.1, 0.15) is 0 Å². The number of rotatable bonds is 7. The first-order valence-electron chi connectivity index (χ1n) is 7.68. The number of hydrogen-bond donors (Lipinski definition) is 2. The molecule has 2 unspecified atom stereocenters. The fourth-order valence-corrected chi connectivity index (χ4v) is 4.07. The van der Waals surface area contributed by atoms with Gasteiger partial charge in [0, 0.05) is 33.4 Å². The molecule has 144 valence electrons. The van der Waals surface area contributed by atoms with Gasteiger partial charge in [-0.25, -0.2) is 4.79 Å². The molecule has 0 radical (unpaired) electrons. The molecule has 4 nitrogen and oxygen atoms in total. The van der Waals surface area contributed by atoms with Crippen molar-refractivity contribution in [2.45, 2.75) is 5.92 Å². The van der Waals surface area contributed by atoms with Crippen molar-refractivity contribution in [3.63, 3.8) is 0 Å². The second-order valence-electron chi connectivity index (χ2n) is 5.71. The largest absolute Gasteiger partial charge is 0.478 e. The number of hydrogen-bond acceptors (Lipinski definition) is 2. The predicted molar refractivity (Wildman–Crippen MR) is 111 cm³/mol. The minimum Gasteiger partial charge on any atom is -0.478 e. The predicted octanol–water partition coefficient (Wildman–Crippen LogP) is 6.16. The van der Waals surface area contributed by atoms with E-state index < -0.39 is 23.7 Å². The molecule has 0 spiro atoms. The van der Waals surface area contributed by atoms with E-state index in [0.717, 1.165) is 0 Å². The first-order valence-corrected chi connectivity index (χ1v) is 9.88. The molecule has 0 bridgehead atoms. The highest BCUT2D eigenvalue weighted by atomic mass is 35.5. The SMILES string of the molecule is O=C(O)c1cc(NC(=O)C(CCl)C(CCl)c2cc(Cl)cc(Cl)c2)ccc1Cl. The number of aromatic carboxylic acids is 1. The van der Waals surface area contributed by atoms with E-state index in [9.17, 15) is 9.59 Å². The van der Waals surface area contributed by atoms with E-state index in [-0.39, 0.29) is 28.0 Å². The van der Waals surface area contributed by atoms with Crippen LogP contribution in [0.4, 0.5) is 5.69 Å². The van der Waals surface area contributed by atoms with Crippen LogP contribution in [-0.4, -0.2) is 28.7 Å². The molecule has 0 heterocycles. The zero-order valence-corrected chi connectivity index (χ0v) is 17.5. The Morgan fingerprint density at radius 2 is 1.59 bits per heavy atom. The van der Waals surface area contributed by atoms with Crippen molar-refractivity contribution >= 4 is 75.6 Å². The number of alkyl halides is 2. The number of benzene rings is 2. The lowest BCUT2D eigenvalue weighted by atomic mass is 9.88.